The van der Waals surface area contributed by atoms with E-state index < -0.39 is 35.1 Å². The summed E-state index contributed by atoms with van der Waals surface area (Å²) in [5, 5.41) is 9.92. The van der Waals surface area contributed by atoms with Crippen LogP contribution in [0.15, 0.2) is 42.5 Å². The van der Waals surface area contributed by atoms with Gasteiger partial charge in [-0.2, -0.15) is 0 Å². The van der Waals surface area contributed by atoms with Crippen LogP contribution < -0.4 is 4.90 Å². The first-order chi connectivity index (χ1) is 12.5. The number of hydrogen-bond donors (Lipinski definition) is 1. The van der Waals surface area contributed by atoms with E-state index in [4.69, 9.17) is 4.74 Å². The fourth-order valence-corrected chi connectivity index (χ4v) is 4.08. The summed E-state index contributed by atoms with van der Waals surface area (Å²) in [7, 11) is 0. The average molecular weight is 355 g/mol. The van der Waals surface area contributed by atoms with Gasteiger partial charge in [0.15, 0.2) is 5.54 Å². The smallest absolute Gasteiger partial charge is 0.338 e. The Balaban J connectivity index is 2.14. The van der Waals surface area contributed by atoms with E-state index in [-0.39, 0.29) is 29.0 Å². The number of carbonyl (C=O) groups excluding carboxylic acids is 2. The van der Waals surface area contributed by atoms with Crippen molar-refractivity contribution in [1.29, 1.82) is 0 Å². The number of fused-ring (bicyclic) bond motifs is 5. The van der Waals surface area contributed by atoms with Gasteiger partial charge in [-0.3, -0.25) is 14.5 Å². The first kappa shape index (κ1) is 16.3. The van der Waals surface area contributed by atoms with Crippen LogP contribution in [0.2, 0.25) is 0 Å². The Morgan fingerprint density at radius 1 is 1.23 bits per heavy atom. The van der Waals surface area contributed by atoms with Gasteiger partial charge >= 0.3 is 11.9 Å². The third-order valence-electron chi connectivity index (χ3n) is 4.92. The van der Waals surface area contributed by atoms with Crippen LogP contribution in [-0.2, 0) is 19.9 Å². The Morgan fingerprint density at radius 3 is 2.65 bits per heavy atom. The highest BCUT2D eigenvalue weighted by Gasteiger charge is 2.69. The molecule has 4 rings (SSSR count). The fourth-order valence-electron chi connectivity index (χ4n) is 4.08. The van der Waals surface area contributed by atoms with E-state index in [1.54, 1.807) is 25.1 Å². The van der Waals surface area contributed by atoms with Crippen molar-refractivity contribution in [3.63, 3.8) is 0 Å². The van der Waals surface area contributed by atoms with Crippen molar-refractivity contribution in [1.82, 2.24) is 0 Å². The second-order valence-corrected chi connectivity index (χ2v) is 6.12. The number of para-hydroxylation sites is 1. The Bertz CT molecular complexity index is 968. The van der Waals surface area contributed by atoms with Crippen LogP contribution >= 0.6 is 0 Å². The Morgan fingerprint density at radius 2 is 1.96 bits per heavy atom. The molecule has 7 heteroatoms. The summed E-state index contributed by atoms with van der Waals surface area (Å²) < 4.78 is 20.0. The van der Waals surface area contributed by atoms with Crippen LogP contribution in [0, 0.1) is 5.82 Å². The number of carboxylic acids is 1. The molecule has 0 spiro atoms. The molecule has 2 unspecified atom stereocenters. The van der Waals surface area contributed by atoms with Crippen LogP contribution in [-0.4, -0.2) is 29.6 Å². The van der Waals surface area contributed by atoms with Gasteiger partial charge in [-0.25, -0.2) is 9.18 Å². The van der Waals surface area contributed by atoms with Gasteiger partial charge in [0.05, 0.1) is 6.61 Å². The summed E-state index contributed by atoms with van der Waals surface area (Å²) in [6.45, 7) is 1.53. The minimum absolute atomic E-state index is 0.0289. The molecule has 0 saturated heterocycles. The standard InChI is InChI=1S/C19H14FNO5/c1-2-26-18(25)19-14-11(7-5-8-12(14)20)16(22)21(19)13-9-4-3-6-10(13)15(19)17(23)24/h3-9,15H,2H2,1H3,(H,23,24). The molecule has 0 aliphatic carbocycles. The fraction of sp³-hybridized carbons (Fsp3) is 0.211. The van der Waals surface area contributed by atoms with E-state index in [0.29, 0.717) is 0 Å². The second kappa shape index (κ2) is 5.39. The Labute approximate surface area is 147 Å². The molecule has 0 bridgehead atoms. The molecule has 2 aliphatic rings. The van der Waals surface area contributed by atoms with Crippen LogP contribution in [0.3, 0.4) is 0 Å². The minimum atomic E-state index is -2.09. The van der Waals surface area contributed by atoms with Crippen molar-refractivity contribution in [2.45, 2.75) is 18.4 Å². The summed E-state index contributed by atoms with van der Waals surface area (Å²) in [4.78, 5) is 39.3. The van der Waals surface area contributed by atoms with Crippen molar-refractivity contribution < 1.29 is 28.6 Å². The van der Waals surface area contributed by atoms with Crippen molar-refractivity contribution in [2.75, 3.05) is 11.5 Å². The maximum atomic E-state index is 14.8. The number of amides is 1. The first-order valence-corrected chi connectivity index (χ1v) is 8.08. The lowest BCUT2D eigenvalue weighted by Crippen LogP contribution is -2.53. The van der Waals surface area contributed by atoms with Gasteiger partial charge in [0.2, 0.25) is 0 Å². The quantitative estimate of drug-likeness (QED) is 0.855. The van der Waals surface area contributed by atoms with E-state index in [2.05, 4.69) is 0 Å². The number of aliphatic carboxylic acids is 1. The van der Waals surface area contributed by atoms with Crippen LogP contribution in [0.4, 0.5) is 10.1 Å². The second-order valence-electron chi connectivity index (χ2n) is 6.12. The number of ether oxygens (including phenoxy) is 1. The molecule has 2 aliphatic heterocycles. The molecule has 2 atom stereocenters. The van der Waals surface area contributed by atoms with Gasteiger partial charge in [0, 0.05) is 16.8 Å². The van der Waals surface area contributed by atoms with Crippen molar-refractivity contribution in [3.8, 4) is 0 Å². The molecule has 2 aromatic carbocycles. The van der Waals surface area contributed by atoms with E-state index in [1.165, 1.54) is 18.2 Å². The monoisotopic (exact) mass is 355 g/mol. The number of hydrogen-bond acceptors (Lipinski definition) is 4. The molecule has 0 saturated carbocycles. The average Bonchev–Trinajstić information content (AvgIpc) is 3.05. The lowest BCUT2D eigenvalue weighted by atomic mass is 9.77. The number of benzene rings is 2. The summed E-state index contributed by atoms with van der Waals surface area (Å²) in [5.41, 5.74) is -1.82. The van der Waals surface area contributed by atoms with E-state index in [9.17, 15) is 23.9 Å². The van der Waals surface area contributed by atoms with Gasteiger partial charge < -0.3 is 9.84 Å². The summed E-state index contributed by atoms with van der Waals surface area (Å²) in [5.74, 6) is -5.20. The van der Waals surface area contributed by atoms with Gasteiger partial charge in [0.1, 0.15) is 11.7 Å². The number of rotatable bonds is 3. The molecule has 0 fully saturated rings. The maximum Gasteiger partial charge on any atom is 0.338 e. The van der Waals surface area contributed by atoms with Gasteiger partial charge in [-0.05, 0) is 30.7 Å². The van der Waals surface area contributed by atoms with Crippen LogP contribution in [0.25, 0.3) is 0 Å². The summed E-state index contributed by atoms with van der Waals surface area (Å²) in [6, 6.07) is 10.2. The van der Waals surface area contributed by atoms with Crippen LogP contribution in [0.1, 0.15) is 34.3 Å². The first-order valence-electron chi connectivity index (χ1n) is 8.08. The molecule has 1 amide bonds. The normalized spacial score (nSPS) is 22.6. The van der Waals surface area contributed by atoms with E-state index in [0.717, 1.165) is 11.0 Å². The molecular weight excluding hydrogens is 341 g/mol. The van der Waals surface area contributed by atoms with Crippen molar-refractivity contribution >= 4 is 23.5 Å². The third-order valence-corrected chi connectivity index (χ3v) is 4.92. The van der Waals surface area contributed by atoms with Crippen LogP contribution in [0.5, 0.6) is 0 Å². The molecule has 26 heavy (non-hydrogen) atoms. The maximum absolute atomic E-state index is 14.8. The zero-order valence-electron chi connectivity index (χ0n) is 13.7. The molecule has 1 N–H and O–H groups in total. The zero-order valence-corrected chi connectivity index (χ0v) is 13.7. The molecule has 0 radical (unpaired) electrons. The minimum Gasteiger partial charge on any atom is -0.481 e. The molecule has 0 aromatic heterocycles. The molecule has 2 heterocycles. The van der Waals surface area contributed by atoms with E-state index in [1.807, 2.05) is 0 Å². The zero-order chi connectivity index (χ0) is 18.6. The number of halogens is 1. The van der Waals surface area contributed by atoms with Gasteiger partial charge in [-0.15, -0.1) is 0 Å². The van der Waals surface area contributed by atoms with Crippen molar-refractivity contribution in [3.05, 3.63) is 65.0 Å². The SMILES string of the molecule is CCOC(=O)C12c3c(F)cccc3C(=O)N1c1ccccc1C2C(=O)O. The highest BCUT2D eigenvalue weighted by Crippen LogP contribution is 2.59. The largest absolute Gasteiger partial charge is 0.481 e. The molecule has 2 aromatic rings. The van der Waals surface area contributed by atoms with Gasteiger partial charge in [-0.1, -0.05) is 24.3 Å². The van der Waals surface area contributed by atoms with Gasteiger partial charge in [0.25, 0.3) is 5.91 Å². The molecule has 132 valence electrons. The highest BCUT2D eigenvalue weighted by molar-refractivity contribution is 6.21. The number of esters is 1. The molecule has 6 nitrogen and oxygen atoms in total. The predicted octanol–water partition coefficient (Wildman–Crippen LogP) is 2.43. The summed E-state index contributed by atoms with van der Waals surface area (Å²) >= 11 is 0. The topological polar surface area (TPSA) is 83.9 Å². The molecular formula is C19H14FNO5. The number of anilines is 1. The Kier molecular flexibility index (Phi) is 3.37. The predicted molar refractivity (Wildman–Crippen MR) is 88.3 cm³/mol. The number of carboxylic acid groups (broad SMARTS) is 1. The van der Waals surface area contributed by atoms with E-state index >= 15 is 0 Å². The summed E-state index contributed by atoms with van der Waals surface area (Å²) in [6.07, 6.45) is 0. The lowest BCUT2D eigenvalue weighted by molar-refractivity contribution is -0.156. The number of nitrogens with zero attached hydrogens (tertiary/aromatic N) is 1. The Hall–Kier alpha value is -3.22. The highest BCUT2D eigenvalue weighted by atomic mass is 19.1. The van der Waals surface area contributed by atoms with Crippen molar-refractivity contribution in [2.24, 2.45) is 0 Å². The number of carbonyl (C=O) groups is 3. The lowest BCUT2D eigenvalue weighted by Gasteiger charge is -2.33. The third kappa shape index (κ3) is 1.72.